The summed E-state index contributed by atoms with van der Waals surface area (Å²) < 4.78 is 35.7. The zero-order valence-corrected chi connectivity index (χ0v) is 18.9. The third-order valence-corrected chi connectivity index (χ3v) is 5.98. The first-order valence-corrected chi connectivity index (χ1v) is 11.3. The summed E-state index contributed by atoms with van der Waals surface area (Å²) in [5.74, 6) is 1.26. The molecule has 1 N–H and O–H groups in total. The molecule has 2 aliphatic heterocycles. The number of hydrogen-bond acceptors (Lipinski definition) is 7. The van der Waals surface area contributed by atoms with E-state index >= 15 is 0 Å². The molecular weight excluding hydrogens is 436 g/mol. The summed E-state index contributed by atoms with van der Waals surface area (Å²) in [5.41, 5.74) is 1.89. The van der Waals surface area contributed by atoms with E-state index in [9.17, 15) is 5.11 Å². The summed E-state index contributed by atoms with van der Waals surface area (Å²) in [7, 11) is 1.60. The molecule has 34 heavy (non-hydrogen) atoms. The zero-order chi connectivity index (χ0) is 23.3. The van der Waals surface area contributed by atoms with E-state index in [-0.39, 0.29) is 6.61 Å². The first kappa shape index (κ1) is 22.8. The van der Waals surface area contributed by atoms with Crippen LogP contribution in [0.3, 0.4) is 0 Å². The Hall–Kier alpha value is -2.94. The van der Waals surface area contributed by atoms with Crippen molar-refractivity contribution in [3.8, 4) is 11.5 Å². The quantitative estimate of drug-likeness (QED) is 0.569. The number of rotatable bonds is 7. The van der Waals surface area contributed by atoms with Crippen LogP contribution in [-0.2, 0) is 25.6 Å². The molecule has 0 aromatic heterocycles. The van der Waals surface area contributed by atoms with Crippen molar-refractivity contribution in [2.24, 2.45) is 0 Å². The third-order valence-electron chi connectivity index (χ3n) is 5.98. The second-order valence-corrected chi connectivity index (χ2v) is 8.26. The van der Waals surface area contributed by atoms with E-state index in [0.717, 1.165) is 11.1 Å². The highest BCUT2D eigenvalue weighted by Crippen LogP contribution is 2.36. The van der Waals surface area contributed by atoms with E-state index in [1.54, 1.807) is 31.4 Å². The van der Waals surface area contributed by atoms with Crippen LogP contribution in [0.5, 0.6) is 11.5 Å². The highest BCUT2D eigenvalue weighted by molar-refractivity contribution is 5.31. The lowest BCUT2D eigenvalue weighted by atomic mass is 9.97. The summed E-state index contributed by atoms with van der Waals surface area (Å²) in [5, 5.41) is 11.2. The van der Waals surface area contributed by atoms with Gasteiger partial charge in [-0.1, -0.05) is 60.7 Å². The van der Waals surface area contributed by atoms with Gasteiger partial charge >= 0.3 is 0 Å². The van der Waals surface area contributed by atoms with E-state index in [2.05, 4.69) is 0 Å². The van der Waals surface area contributed by atoms with Crippen molar-refractivity contribution in [1.82, 2.24) is 0 Å². The first-order chi connectivity index (χ1) is 16.7. The molecule has 7 heteroatoms. The highest BCUT2D eigenvalue weighted by atomic mass is 16.8. The van der Waals surface area contributed by atoms with Gasteiger partial charge in [-0.05, 0) is 29.8 Å². The molecule has 178 valence electrons. The minimum absolute atomic E-state index is 0.282. The lowest BCUT2D eigenvalue weighted by molar-refractivity contribution is -0.356. The Balaban J connectivity index is 1.35. The van der Waals surface area contributed by atoms with Crippen LogP contribution >= 0.6 is 0 Å². The van der Waals surface area contributed by atoms with Crippen molar-refractivity contribution >= 4 is 0 Å². The molecule has 2 fully saturated rings. The normalized spacial score (nSPS) is 28.6. The molecule has 6 atom stereocenters. The molecule has 0 bridgehead atoms. The fourth-order valence-electron chi connectivity index (χ4n) is 4.19. The predicted octanol–water partition coefficient (Wildman–Crippen LogP) is 3.86. The van der Waals surface area contributed by atoms with Gasteiger partial charge in [-0.3, -0.25) is 0 Å². The van der Waals surface area contributed by atoms with Crippen LogP contribution in [-0.4, -0.2) is 49.5 Å². The van der Waals surface area contributed by atoms with Crippen molar-refractivity contribution in [2.75, 3.05) is 13.7 Å². The monoisotopic (exact) mass is 464 g/mol. The van der Waals surface area contributed by atoms with Crippen molar-refractivity contribution in [3.63, 3.8) is 0 Å². The topological polar surface area (TPSA) is 75.6 Å². The molecular formula is C27H28O7. The minimum Gasteiger partial charge on any atom is -0.497 e. The predicted molar refractivity (Wildman–Crippen MR) is 123 cm³/mol. The number of aliphatic hydroxyl groups is 1. The van der Waals surface area contributed by atoms with Crippen molar-refractivity contribution in [2.45, 2.75) is 43.6 Å². The van der Waals surface area contributed by atoms with Gasteiger partial charge in [0.1, 0.15) is 35.9 Å². The fourth-order valence-corrected chi connectivity index (χ4v) is 4.19. The van der Waals surface area contributed by atoms with Gasteiger partial charge in [-0.25, -0.2) is 0 Å². The van der Waals surface area contributed by atoms with Gasteiger partial charge in [0.25, 0.3) is 0 Å². The maximum atomic E-state index is 11.2. The maximum Gasteiger partial charge on any atom is 0.229 e. The van der Waals surface area contributed by atoms with Gasteiger partial charge in [-0.2, -0.15) is 0 Å². The van der Waals surface area contributed by atoms with Gasteiger partial charge < -0.3 is 33.5 Å². The van der Waals surface area contributed by atoms with Crippen LogP contribution in [0.2, 0.25) is 0 Å². The van der Waals surface area contributed by atoms with Crippen molar-refractivity contribution in [1.29, 1.82) is 0 Å². The Kier molecular flexibility index (Phi) is 7.08. The van der Waals surface area contributed by atoms with Gasteiger partial charge in [0.05, 0.1) is 20.3 Å². The molecule has 0 radical (unpaired) electrons. The molecule has 7 nitrogen and oxygen atoms in total. The van der Waals surface area contributed by atoms with Crippen molar-refractivity contribution < 1.29 is 33.5 Å². The first-order valence-electron chi connectivity index (χ1n) is 11.3. The zero-order valence-electron chi connectivity index (χ0n) is 18.9. The number of fused-ring (bicyclic) bond motifs is 1. The van der Waals surface area contributed by atoms with Gasteiger partial charge in [0.2, 0.25) is 6.29 Å². The summed E-state index contributed by atoms with van der Waals surface area (Å²) in [6.07, 6.45) is -4.28. The van der Waals surface area contributed by atoms with Crippen LogP contribution in [0, 0.1) is 0 Å². The lowest BCUT2D eigenvalue weighted by Crippen LogP contribution is -2.63. The Morgan fingerprint density at radius 2 is 1.53 bits per heavy atom. The number of methoxy groups -OCH3 is 1. The Labute approximate surface area is 198 Å². The van der Waals surface area contributed by atoms with Gasteiger partial charge in [-0.15, -0.1) is 0 Å². The molecule has 0 aliphatic carbocycles. The number of hydrogen-bond donors (Lipinski definition) is 1. The smallest absolute Gasteiger partial charge is 0.229 e. The molecule has 0 saturated carbocycles. The van der Waals surface area contributed by atoms with E-state index in [1.165, 1.54) is 0 Å². The second kappa shape index (κ2) is 10.5. The Morgan fingerprint density at radius 1 is 0.853 bits per heavy atom. The molecule has 2 heterocycles. The van der Waals surface area contributed by atoms with E-state index in [1.807, 2.05) is 60.7 Å². The Bertz CT molecular complexity index is 1030. The fraction of sp³-hybridized carbons (Fsp3) is 0.333. The number of benzene rings is 3. The molecule has 0 amide bonds. The maximum absolute atomic E-state index is 11.2. The highest BCUT2D eigenvalue weighted by Gasteiger charge is 2.51. The van der Waals surface area contributed by atoms with Crippen LogP contribution < -0.4 is 9.47 Å². The van der Waals surface area contributed by atoms with Gasteiger partial charge in [0, 0.05) is 5.56 Å². The Morgan fingerprint density at radius 3 is 2.24 bits per heavy atom. The van der Waals surface area contributed by atoms with Crippen LogP contribution in [0.1, 0.15) is 17.4 Å². The lowest BCUT2D eigenvalue weighted by Gasteiger charge is -2.47. The standard InChI is InChI=1S/C27H28O7/c1-29-20-12-14-21(15-13-20)32-27-23(28)25(30-16-18-8-4-2-5-9-18)24-22(33-27)17-31-26(34-24)19-10-6-3-7-11-19/h2-15,22-28H,16-17H2,1H3. The molecule has 5 rings (SSSR count). The van der Waals surface area contributed by atoms with Crippen LogP contribution in [0.25, 0.3) is 0 Å². The molecule has 3 aromatic carbocycles. The number of aliphatic hydroxyl groups excluding tert-OH is 1. The van der Waals surface area contributed by atoms with Crippen LogP contribution in [0.15, 0.2) is 84.9 Å². The van der Waals surface area contributed by atoms with E-state index < -0.39 is 37.0 Å². The van der Waals surface area contributed by atoms with E-state index in [0.29, 0.717) is 18.1 Å². The van der Waals surface area contributed by atoms with Crippen LogP contribution in [0.4, 0.5) is 0 Å². The average molecular weight is 465 g/mol. The summed E-state index contributed by atoms with van der Waals surface area (Å²) in [6.45, 7) is 0.603. The molecule has 2 aliphatic rings. The summed E-state index contributed by atoms with van der Waals surface area (Å²) >= 11 is 0. The SMILES string of the molecule is COc1ccc(OC2OC3COC(c4ccccc4)OC3C(OCc3ccccc3)C2O)cc1. The minimum atomic E-state index is -1.08. The largest absolute Gasteiger partial charge is 0.497 e. The number of ether oxygens (including phenoxy) is 6. The molecule has 2 saturated heterocycles. The third kappa shape index (κ3) is 5.09. The van der Waals surface area contributed by atoms with Gasteiger partial charge in [0.15, 0.2) is 6.29 Å². The van der Waals surface area contributed by atoms with Crippen molar-refractivity contribution in [3.05, 3.63) is 96.1 Å². The molecule has 6 unspecified atom stereocenters. The second-order valence-electron chi connectivity index (χ2n) is 8.26. The summed E-state index contributed by atoms with van der Waals surface area (Å²) in [6, 6.07) is 26.6. The summed E-state index contributed by atoms with van der Waals surface area (Å²) in [4.78, 5) is 0. The average Bonchev–Trinajstić information content (AvgIpc) is 2.90. The van der Waals surface area contributed by atoms with E-state index in [4.69, 9.17) is 28.4 Å². The molecule has 0 spiro atoms. The molecule has 3 aromatic rings.